The quantitative estimate of drug-likeness (QED) is 0.240. The molecule has 2 fully saturated rings. The molecule has 4 N–H and O–H groups in total. The summed E-state index contributed by atoms with van der Waals surface area (Å²) in [7, 11) is -3.73. The van der Waals surface area contributed by atoms with E-state index in [1.165, 1.54) is 6.33 Å². The Morgan fingerprint density at radius 1 is 1.03 bits per heavy atom. The molecule has 0 unspecified atom stereocenters. The largest absolute Gasteiger partial charge is 0.461 e. The maximum absolute atomic E-state index is 14.3. The third-order valence-electron chi connectivity index (χ3n) is 7.02. The first kappa shape index (κ1) is 29.4. The molecule has 2 aliphatic carbocycles. The molecule has 4 rings (SSSR count). The van der Waals surface area contributed by atoms with E-state index in [-0.39, 0.29) is 24.4 Å². The Bertz CT molecular complexity index is 1190. The summed E-state index contributed by atoms with van der Waals surface area (Å²) in [6, 6.07) is 0. The highest BCUT2D eigenvalue weighted by Gasteiger charge is 2.44. The fourth-order valence-electron chi connectivity index (χ4n) is 4.26. The topological polar surface area (TPSA) is 173 Å². The number of imidazole rings is 1. The molecule has 13 nitrogen and oxygen atoms in total. The predicted octanol–water partition coefficient (Wildman–Crippen LogP) is 2.89. The first-order chi connectivity index (χ1) is 18.3. The zero-order chi connectivity index (χ0) is 28.4. The molecule has 2 aliphatic rings. The zero-order valence-electron chi connectivity index (χ0n) is 23.3. The number of fused-ring (bicyclic) bond motifs is 1. The lowest BCUT2D eigenvalue weighted by molar-refractivity contribution is -0.159. The summed E-state index contributed by atoms with van der Waals surface area (Å²) in [5, 5.41) is 5.90. The minimum atomic E-state index is -3.73. The molecule has 0 aromatic carbocycles. The molecule has 0 saturated heterocycles. The Kier molecular flexibility index (Phi) is 8.65. The van der Waals surface area contributed by atoms with Gasteiger partial charge < -0.3 is 24.5 Å². The van der Waals surface area contributed by atoms with Crippen molar-refractivity contribution in [3.63, 3.8) is 0 Å². The van der Waals surface area contributed by atoms with Gasteiger partial charge in [-0.1, -0.05) is 0 Å². The fourth-order valence-corrected chi connectivity index (χ4v) is 6.89. The number of ether oxygens (including phenoxy) is 3. The van der Waals surface area contributed by atoms with Gasteiger partial charge in [0, 0.05) is 0 Å². The van der Waals surface area contributed by atoms with E-state index >= 15 is 0 Å². The van der Waals surface area contributed by atoms with Crippen LogP contribution >= 0.6 is 7.44 Å². The summed E-state index contributed by atoms with van der Waals surface area (Å²) in [5.41, 5.74) is 4.29. The average molecular weight is 566 g/mol. The zero-order valence-corrected chi connectivity index (χ0v) is 24.2. The number of carbonyl (C=O) groups is 2. The van der Waals surface area contributed by atoms with Gasteiger partial charge in [-0.2, -0.15) is 0 Å². The molecule has 14 heteroatoms. The van der Waals surface area contributed by atoms with Crippen molar-refractivity contribution >= 4 is 36.4 Å². The smallest absolute Gasteiger partial charge is 0.326 e. The molecule has 0 spiro atoms. The van der Waals surface area contributed by atoms with Crippen LogP contribution in [-0.2, 0) is 34.9 Å². The van der Waals surface area contributed by atoms with E-state index in [0.29, 0.717) is 17.7 Å². The van der Waals surface area contributed by atoms with E-state index in [4.69, 9.17) is 19.9 Å². The third kappa shape index (κ3) is 7.13. The molecule has 0 amide bonds. The van der Waals surface area contributed by atoms with Crippen LogP contribution in [-0.4, -0.2) is 67.2 Å². The SMILES string of the molecule is C[C@H](Cn1cnc2c(N)ncnc21)OCP(=O)(NC(C)(C)C(=O)OC1CCC1)NC(C)(C)C(=O)OC1CCC1. The highest BCUT2D eigenvalue weighted by Crippen LogP contribution is 2.43. The predicted molar refractivity (Wildman–Crippen MR) is 145 cm³/mol. The Hall–Kier alpha value is -2.60. The minimum absolute atomic E-state index is 0.126. The summed E-state index contributed by atoms with van der Waals surface area (Å²) in [5.74, 6) is -0.754. The van der Waals surface area contributed by atoms with Gasteiger partial charge in [-0.05, 0) is 73.1 Å². The molecule has 2 aromatic heterocycles. The molecule has 0 bridgehead atoms. The van der Waals surface area contributed by atoms with Crippen molar-refractivity contribution in [1.82, 2.24) is 29.7 Å². The van der Waals surface area contributed by atoms with E-state index in [2.05, 4.69) is 25.1 Å². The van der Waals surface area contributed by atoms with Crippen LogP contribution in [0.15, 0.2) is 12.7 Å². The van der Waals surface area contributed by atoms with Gasteiger partial charge in [0.25, 0.3) is 0 Å². The molecule has 216 valence electrons. The fraction of sp³-hybridized carbons (Fsp3) is 0.720. The lowest BCUT2D eigenvalue weighted by Gasteiger charge is -2.37. The van der Waals surface area contributed by atoms with Gasteiger partial charge in [0.2, 0.25) is 7.44 Å². The number of hydrogen-bond acceptors (Lipinski definition) is 10. The number of carbonyl (C=O) groups excluding carboxylic acids is 2. The number of hydrogen-bond donors (Lipinski definition) is 3. The first-order valence-electron chi connectivity index (χ1n) is 13.4. The van der Waals surface area contributed by atoms with E-state index in [0.717, 1.165) is 38.5 Å². The van der Waals surface area contributed by atoms with Crippen molar-refractivity contribution in [1.29, 1.82) is 0 Å². The molecule has 1 atom stereocenters. The van der Waals surface area contributed by atoms with Crippen LogP contribution in [0.3, 0.4) is 0 Å². The Morgan fingerprint density at radius 3 is 2.05 bits per heavy atom. The van der Waals surface area contributed by atoms with E-state index < -0.39 is 36.6 Å². The molecular weight excluding hydrogens is 525 g/mol. The van der Waals surface area contributed by atoms with Crippen molar-refractivity contribution in [2.45, 2.75) is 109 Å². The molecular formula is C25H40N7O6P. The summed E-state index contributed by atoms with van der Waals surface area (Å²) < 4.78 is 33.3. The Morgan fingerprint density at radius 2 is 1.56 bits per heavy atom. The van der Waals surface area contributed by atoms with E-state index in [9.17, 15) is 14.2 Å². The number of nitrogens with one attached hydrogen (secondary N) is 2. The highest BCUT2D eigenvalue weighted by atomic mass is 31.2. The van der Waals surface area contributed by atoms with E-state index in [1.54, 1.807) is 38.6 Å². The van der Waals surface area contributed by atoms with Crippen LogP contribution in [0.25, 0.3) is 11.2 Å². The van der Waals surface area contributed by atoms with Gasteiger partial charge in [-0.15, -0.1) is 0 Å². The number of rotatable bonds is 13. The normalized spacial score (nSPS) is 17.9. The van der Waals surface area contributed by atoms with Crippen molar-refractivity contribution in [2.75, 3.05) is 12.1 Å². The van der Waals surface area contributed by atoms with Crippen molar-refractivity contribution in [2.24, 2.45) is 0 Å². The standard InChI is InChI=1S/C25H40N7O6P/c1-16(12-32-14-29-19-20(26)27-13-28-21(19)32)36-15-39(35,30-24(2,3)22(33)37-17-8-6-9-17)31-25(4,5)23(34)38-18-10-7-11-18/h13-14,16-18H,6-12,15H2,1-5H3,(H2,26,27,28)(H2,30,31,35)/t16-/m1/s1. The number of aromatic nitrogens is 4. The third-order valence-corrected chi connectivity index (χ3v) is 9.37. The van der Waals surface area contributed by atoms with Crippen LogP contribution < -0.4 is 15.9 Å². The van der Waals surface area contributed by atoms with Gasteiger partial charge >= 0.3 is 11.9 Å². The number of anilines is 1. The van der Waals surface area contributed by atoms with Gasteiger partial charge in [0.05, 0.1) is 19.0 Å². The molecule has 2 aromatic rings. The second-order valence-electron chi connectivity index (χ2n) is 11.6. The van der Waals surface area contributed by atoms with Gasteiger partial charge in [-0.3, -0.25) is 14.2 Å². The van der Waals surface area contributed by atoms with Crippen LogP contribution in [0.1, 0.15) is 73.1 Å². The van der Waals surface area contributed by atoms with Gasteiger partial charge in [-0.25, -0.2) is 25.1 Å². The second-order valence-corrected chi connectivity index (χ2v) is 13.7. The van der Waals surface area contributed by atoms with Gasteiger partial charge in [0.15, 0.2) is 11.5 Å². The highest BCUT2D eigenvalue weighted by molar-refractivity contribution is 7.59. The minimum Gasteiger partial charge on any atom is -0.461 e. The molecule has 2 heterocycles. The maximum atomic E-state index is 14.3. The van der Waals surface area contributed by atoms with E-state index in [1.807, 2.05) is 6.92 Å². The number of nitrogens with zero attached hydrogens (tertiary/aromatic N) is 4. The van der Waals surface area contributed by atoms with Crippen LogP contribution in [0.5, 0.6) is 0 Å². The summed E-state index contributed by atoms with van der Waals surface area (Å²) in [4.78, 5) is 38.3. The first-order valence-corrected chi connectivity index (χ1v) is 15.3. The molecule has 0 radical (unpaired) electrons. The Balaban J connectivity index is 1.47. The summed E-state index contributed by atoms with van der Waals surface area (Å²) in [6.07, 6.45) is 7.25. The number of nitrogens with two attached hydrogens (primary N) is 1. The number of esters is 2. The maximum Gasteiger partial charge on any atom is 0.326 e. The summed E-state index contributed by atoms with van der Waals surface area (Å²) >= 11 is 0. The van der Waals surface area contributed by atoms with Crippen LogP contribution in [0.2, 0.25) is 0 Å². The summed E-state index contributed by atoms with van der Waals surface area (Å²) in [6.45, 7) is 8.57. The second kappa shape index (κ2) is 11.5. The lowest BCUT2D eigenvalue weighted by Crippen LogP contribution is -2.55. The van der Waals surface area contributed by atoms with Crippen LogP contribution in [0, 0.1) is 0 Å². The van der Waals surface area contributed by atoms with Crippen molar-refractivity contribution in [3.05, 3.63) is 12.7 Å². The van der Waals surface area contributed by atoms with Crippen molar-refractivity contribution < 1.29 is 28.4 Å². The Labute approximate surface area is 228 Å². The number of nitrogen functional groups attached to an aromatic ring is 1. The van der Waals surface area contributed by atoms with Crippen molar-refractivity contribution in [3.8, 4) is 0 Å². The van der Waals surface area contributed by atoms with Gasteiger partial charge in [0.1, 0.15) is 41.5 Å². The molecule has 0 aliphatic heterocycles. The average Bonchev–Trinajstić information content (AvgIpc) is 3.20. The van der Waals surface area contributed by atoms with Crippen LogP contribution in [0.4, 0.5) is 5.82 Å². The molecule has 2 saturated carbocycles. The molecule has 39 heavy (non-hydrogen) atoms. The lowest BCUT2D eigenvalue weighted by atomic mass is 9.96. The monoisotopic (exact) mass is 565 g/mol.